The Balaban J connectivity index is 1.64. The Bertz CT molecular complexity index is 831. The van der Waals surface area contributed by atoms with Gasteiger partial charge in [-0.15, -0.1) is 11.3 Å². The van der Waals surface area contributed by atoms with Gasteiger partial charge in [0.15, 0.2) is 0 Å². The molecular formula is C16H17N4O3S+. The average Bonchev–Trinajstić information content (AvgIpc) is 2.92. The molecule has 0 saturated carbocycles. The van der Waals surface area contributed by atoms with E-state index in [0.717, 1.165) is 35.6 Å². The number of carbonyl (C=O) groups excluding carboxylic acids is 1. The number of carbonyl (C=O) groups is 1. The molecule has 2 aromatic rings. The van der Waals surface area contributed by atoms with E-state index in [-0.39, 0.29) is 17.8 Å². The molecule has 1 aromatic carbocycles. The molecule has 124 valence electrons. The van der Waals surface area contributed by atoms with Crippen molar-refractivity contribution in [2.75, 3.05) is 18.9 Å². The zero-order valence-electron chi connectivity index (χ0n) is 13.1. The summed E-state index contributed by atoms with van der Waals surface area (Å²) in [5.74, 6) is -0.0656. The van der Waals surface area contributed by atoms with Crippen molar-refractivity contribution in [3.05, 3.63) is 55.9 Å². The predicted molar refractivity (Wildman–Crippen MR) is 90.4 cm³/mol. The minimum Gasteiger partial charge on any atom is -0.353 e. The molecule has 0 saturated heterocycles. The standard InChI is InChI=1S/C16H16N4O3S/c1-19-7-6-11-12(8-19)24-16-13(11)15(21)17-14(18-16)9-2-4-10(5-3-9)20(22)23/h2-5,14,18H,6-8H2,1H3,(H,17,21)/p+1/t14-/m0/s1. The number of thiophene rings is 1. The van der Waals surface area contributed by atoms with Gasteiger partial charge in [-0.25, -0.2) is 0 Å². The van der Waals surface area contributed by atoms with Crippen molar-refractivity contribution in [2.45, 2.75) is 19.1 Å². The second-order valence-electron chi connectivity index (χ2n) is 6.24. The van der Waals surface area contributed by atoms with Gasteiger partial charge >= 0.3 is 0 Å². The summed E-state index contributed by atoms with van der Waals surface area (Å²) in [5.41, 5.74) is 2.79. The van der Waals surface area contributed by atoms with E-state index < -0.39 is 4.92 Å². The smallest absolute Gasteiger partial charge is 0.269 e. The fourth-order valence-electron chi connectivity index (χ4n) is 3.29. The van der Waals surface area contributed by atoms with E-state index in [9.17, 15) is 14.9 Å². The molecule has 7 nitrogen and oxygen atoms in total. The lowest BCUT2D eigenvalue weighted by Gasteiger charge is -2.27. The number of benzene rings is 1. The Hall–Kier alpha value is -2.45. The Morgan fingerprint density at radius 1 is 1.29 bits per heavy atom. The zero-order chi connectivity index (χ0) is 16.8. The van der Waals surface area contributed by atoms with Crippen LogP contribution in [0, 0.1) is 10.1 Å². The lowest BCUT2D eigenvalue weighted by molar-refractivity contribution is -0.895. The molecule has 8 heteroatoms. The molecular weight excluding hydrogens is 328 g/mol. The molecule has 1 amide bonds. The van der Waals surface area contributed by atoms with Crippen LogP contribution in [0.4, 0.5) is 10.7 Å². The van der Waals surface area contributed by atoms with Crippen LogP contribution < -0.4 is 15.5 Å². The highest BCUT2D eigenvalue weighted by Gasteiger charge is 2.33. The Morgan fingerprint density at radius 2 is 2.04 bits per heavy atom. The van der Waals surface area contributed by atoms with Gasteiger partial charge in [0.05, 0.1) is 29.0 Å². The van der Waals surface area contributed by atoms with Gasteiger partial charge in [-0.3, -0.25) is 14.9 Å². The normalized spacial score (nSPS) is 22.1. The van der Waals surface area contributed by atoms with Crippen molar-refractivity contribution in [2.24, 2.45) is 0 Å². The van der Waals surface area contributed by atoms with Crippen molar-refractivity contribution in [3.8, 4) is 0 Å². The van der Waals surface area contributed by atoms with Crippen LogP contribution in [-0.2, 0) is 13.0 Å². The van der Waals surface area contributed by atoms with Crippen LogP contribution in [0.15, 0.2) is 24.3 Å². The zero-order valence-corrected chi connectivity index (χ0v) is 13.9. The number of nitrogens with zero attached hydrogens (tertiary/aromatic N) is 1. The molecule has 2 atom stereocenters. The molecule has 1 unspecified atom stereocenters. The van der Waals surface area contributed by atoms with Crippen molar-refractivity contribution >= 4 is 27.9 Å². The van der Waals surface area contributed by atoms with Gasteiger partial charge in [-0.2, -0.15) is 0 Å². The lowest BCUT2D eigenvalue weighted by atomic mass is 10.0. The van der Waals surface area contributed by atoms with E-state index >= 15 is 0 Å². The lowest BCUT2D eigenvalue weighted by Crippen LogP contribution is -3.08. The van der Waals surface area contributed by atoms with Gasteiger partial charge in [0.25, 0.3) is 11.6 Å². The number of quaternary nitrogens is 1. The number of nitro benzene ring substituents is 1. The van der Waals surface area contributed by atoms with E-state index in [2.05, 4.69) is 17.7 Å². The van der Waals surface area contributed by atoms with E-state index in [0.29, 0.717) is 0 Å². The van der Waals surface area contributed by atoms with Gasteiger partial charge in [0, 0.05) is 18.6 Å². The fourth-order valence-corrected chi connectivity index (χ4v) is 4.67. The maximum atomic E-state index is 12.6. The van der Waals surface area contributed by atoms with Crippen molar-refractivity contribution in [1.29, 1.82) is 0 Å². The van der Waals surface area contributed by atoms with Gasteiger partial charge < -0.3 is 15.5 Å². The summed E-state index contributed by atoms with van der Waals surface area (Å²) in [6, 6.07) is 6.26. The number of non-ortho nitro benzene ring substituents is 1. The fraction of sp³-hybridized carbons (Fsp3) is 0.312. The molecule has 0 spiro atoms. The van der Waals surface area contributed by atoms with Gasteiger partial charge in [0.1, 0.15) is 17.7 Å². The highest BCUT2D eigenvalue weighted by atomic mass is 32.1. The predicted octanol–water partition coefficient (Wildman–Crippen LogP) is 1.08. The number of likely N-dealkylation sites (N-methyl/N-ethyl adjacent to an activating group) is 1. The molecule has 2 aliphatic heterocycles. The average molecular weight is 345 g/mol. The Labute approximate surface area is 142 Å². The monoisotopic (exact) mass is 345 g/mol. The molecule has 0 bridgehead atoms. The highest BCUT2D eigenvalue weighted by Crippen LogP contribution is 2.39. The molecule has 3 N–H and O–H groups in total. The quantitative estimate of drug-likeness (QED) is 0.561. The number of nitro groups is 1. The summed E-state index contributed by atoms with van der Waals surface area (Å²) in [7, 11) is 2.16. The summed E-state index contributed by atoms with van der Waals surface area (Å²) in [6.07, 6.45) is 0.556. The first-order chi connectivity index (χ1) is 11.5. The first-order valence-corrected chi connectivity index (χ1v) is 8.62. The van der Waals surface area contributed by atoms with Crippen LogP contribution in [0.3, 0.4) is 0 Å². The van der Waals surface area contributed by atoms with E-state index in [1.165, 1.54) is 27.5 Å². The third kappa shape index (κ3) is 2.44. The van der Waals surface area contributed by atoms with Crippen LogP contribution >= 0.6 is 11.3 Å². The Morgan fingerprint density at radius 3 is 2.75 bits per heavy atom. The molecule has 2 aliphatic rings. The SMILES string of the molecule is C[NH+]1CCc2c(sc3c2C(=O)N[C@H](c2ccc([N+](=O)[O-])cc2)N3)C1. The highest BCUT2D eigenvalue weighted by molar-refractivity contribution is 7.16. The molecule has 0 aliphatic carbocycles. The number of amides is 1. The van der Waals surface area contributed by atoms with Crippen LogP contribution in [0.2, 0.25) is 0 Å². The van der Waals surface area contributed by atoms with Gasteiger partial charge in [-0.1, -0.05) is 0 Å². The number of nitrogens with one attached hydrogen (secondary N) is 3. The number of hydrogen-bond acceptors (Lipinski definition) is 5. The first kappa shape index (κ1) is 15.1. The summed E-state index contributed by atoms with van der Waals surface area (Å²) >= 11 is 1.65. The second-order valence-corrected chi connectivity index (χ2v) is 7.35. The number of hydrogen-bond donors (Lipinski definition) is 3. The first-order valence-electron chi connectivity index (χ1n) is 7.80. The summed E-state index contributed by atoms with van der Waals surface area (Å²) in [4.78, 5) is 25.7. The molecule has 3 heterocycles. The second kappa shape index (κ2) is 5.57. The molecule has 1 aromatic heterocycles. The van der Waals surface area contributed by atoms with E-state index in [1.807, 2.05) is 0 Å². The Kier molecular flexibility index (Phi) is 3.50. The number of rotatable bonds is 2. The van der Waals surface area contributed by atoms with Crippen LogP contribution in [-0.4, -0.2) is 24.4 Å². The summed E-state index contributed by atoms with van der Waals surface area (Å²) in [5, 5.41) is 18.0. The van der Waals surface area contributed by atoms with Gasteiger partial charge in [0.2, 0.25) is 0 Å². The van der Waals surface area contributed by atoms with Gasteiger partial charge in [-0.05, 0) is 23.3 Å². The number of fused-ring (bicyclic) bond motifs is 3. The topological polar surface area (TPSA) is 88.7 Å². The largest absolute Gasteiger partial charge is 0.353 e. The third-order valence-corrected chi connectivity index (χ3v) is 5.73. The van der Waals surface area contributed by atoms with Crippen molar-refractivity contribution in [3.63, 3.8) is 0 Å². The number of anilines is 1. The van der Waals surface area contributed by atoms with Crippen molar-refractivity contribution < 1.29 is 14.6 Å². The van der Waals surface area contributed by atoms with E-state index in [1.54, 1.807) is 23.5 Å². The third-order valence-electron chi connectivity index (χ3n) is 4.57. The molecule has 24 heavy (non-hydrogen) atoms. The van der Waals surface area contributed by atoms with E-state index in [4.69, 9.17) is 0 Å². The molecule has 4 rings (SSSR count). The maximum Gasteiger partial charge on any atom is 0.269 e. The minimum absolute atomic E-state index is 0.0409. The van der Waals surface area contributed by atoms with Crippen molar-refractivity contribution in [1.82, 2.24) is 5.32 Å². The van der Waals surface area contributed by atoms with Crippen LogP contribution in [0.5, 0.6) is 0 Å². The van der Waals surface area contributed by atoms with Crippen LogP contribution in [0.1, 0.15) is 32.5 Å². The summed E-state index contributed by atoms with van der Waals surface area (Å²) < 4.78 is 0. The maximum absolute atomic E-state index is 12.6. The summed E-state index contributed by atoms with van der Waals surface area (Å²) in [6.45, 7) is 1.99. The minimum atomic E-state index is -0.430. The molecule has 0 fully saturated rings. The molecule has 0 radical (unpaired) electrons. The van der Waals surface area contributed by atoms with Crippen LogP contribution in [0.25, 0.3) is 0 Å².